The highest BCUT2D eigenvalue weighted by molar-refractivity contribution is 7.71. The van der Waals surface area contributed by atoms with E-state index in [1.165, 1.54) is 16.0 Å². The van der Waals surface area contributed by atoms with Crippen molar-refractivity contribution in [3.05, 3.63) is 57.1 Å². The van der Waals surface area contributed by atoms with Gasteiger partial charge in [-0.2, -0.15) is 0 Å². The van der Waals surface area contributed by atoms with Gasteiger partial charge in [-0.25, -0.2) is 4.68 Å². The molecule has 0 unspecified atom stereocenters. The number of rotatable bonds is 7. The molecule has 0 saturated heterocycles. The maximum atomic E-state index is 12.6. The zero-order valence-corrected chi connectivity index (χ0v) is 17.7. The van der Waals surface area contributed by atoms with Gasteiger partial charge in [-0.05, 0) is 55.6 Å². The summed E-state index contributed by atoms with van der Waals surface area (Å²) in [4.78, 5) is 25.7. The molecular formula is C20H20N4O4S2. The molecule has 8 nitrogen and oxygen atoms in total. The lowest BCUT2D eigenvalue weighted by atomic mass is 9.95. The fourth-order valence-electron chi connectivity index (χ4n) is 3.39. The average Bonchev–Trinajstić information content (AvgIpc) is 3.26. The monoisotopic (exact) mass is 444 g/mol. The Morgan fingerprint density at radius 2 is 2.03 bits per heavy atom. The Morgan fingerprint density at radius 1 is 1.27 bits per heavy atom. The Morgan fingerprint density at radius 3 is 2.80 bits per heavy atom. The Labute approximate surface area is 181 Å². The highest BCUT2D eigenvalue weighted by atomic mass is 32.1. The van der Waals surface area contributed by atoms with Crippen molar-refractivity contribution in [3.8, 4) is 5.75 Å². The highest BCUT2D eigenvalue weighted by Gasteiger charge is 2.25. The van der Waals surface area contributed by atoms with Crippen LogP contribution in [0.15, 0.2) is 34.7 Å². The number of carbonyl (C=O) groups is 2. The smallest absolute Gasteiger partial charge is 0.287 e. The van der Waals surface area contributed by atoms with Crippen molar-refractivity contribution >= 4 is 40.4 Å². The summed E-state index contributed by atoms with van der Waals surface area (Å²) in [6, 6.07) is 9.24. The first-order chi connectivity index (χ1) is 14.5. The summed E-state index contributed by atoms with van der Waals surface area (Å²) < 4.78 is 12.3. The predicted molar refractivity (Wildman–Crippen MR) is 114 cm³/mol. The molecule has 0 bridgehead atoms. The number of amides is 2. The van der Waals surface area contributed by atoms with E-state index in [0.29, 0.717) is 16.3 Å². The summed E-state index contributed by atoms with van der Waals surface area (Å²) >= 11 is 6.56. The summed E-state index contributed by atoms with van der Waals surface area (Å²) in [6.07, 6.45) is 3.79. The maximum Gasteiger partial charge on any atom is 0.287 e. The number of anilines is 1. The molecule has 0 aliphatic heterocycles. The number of thiophene rings is 1. The summed E-state index contributed by atoms with van der Waals surface area (Å²) in [5.41, 5.74) is 6.96. The molecule has 2 aromatic heterocycles. The molecule has 1 aromatic carbocycles. The van der Waals surface area contributed by atoms with Crippen molar-refractivity contribution in [2.45, 2.75) is 38.8 Å². The van der Waals surface area contributed by atoms with Crippen molar-refractivity contribution in [3.63, 3.8) is 0 Å². The number of benzene rings is 1. The number of hydrogen-bond acceptors (Lipinski definition) is 7. The number of aryl methyl sites for hydroxylation is 1. The van der Waals surface area contributed by atoms with Crippen molar-refractivity contribution in [1.29, 1.82) is 0 Å². The Balaban J connectivity index is 1.44. The van der Waals surface area contributed by atoms with Crippen molar-refractivity contribution in [2.24, 2.45) is 5.73 Å². The largest absolute Gasteiger partial charge is 0.484 e. The van der Waals surface area contributed by atoms with Crippen LogP contribution in [0.25, 0.3) is 0 Å². The fraction of sp³-hybridized carbons (Fsp3) is 0.300. The van der Waals surface area contributed by atoms with Gasteiger partial charge in [0.25, 0.3) is 16.6 Å². The van der Waals surface area contributed by atoms with Gasteiger partial charge in [-0.1, -0.05) is 18.2 Å². The summed E-state index contributed by atoms with van der Waals surface area (Å²) in [5, 5.41) is 7.48. The molecule has 0 spiro atoms. The maximum absolute atomic E-state index is 12.6. The number of nitrogens with one attached hydrogen (secondary N) is 1. The molecule has 0 fully saturated rings. The van der Waals surface area contributed by atoms with E-state index < -0.39 is 5.91 Å². The van der Waals surface area contributed by atoms with Gasteiger partial charge < -0.3 is 20.2 Å². The van der Waals surface area contributed by atoms with Gasteiger partial charge in [0.05, 0.1) is 5.56 Å². The number of aromatic nitrogens is 2. The molecule has 156 valence electrons. The number of hydrogen-bond donors (Lipinski definition) is 2. The van der Waals surface area contributed by atoms with Gasteiger partial charge in [0.15, 0.2) is 6.61 Å². The molecular weight excluding hydrogens is 424 g/mol. The molecule has 1 aliphatic rings. The minimum absolute atomic E-state index is 0.0670. The van der Waals surface area contributed by atoms with Crippen LogP contribution in [0.3, 0.4) is 0 Å². The van der Waals surface area contributed by atoms with E-state index in [1.807, 2.05) is 30.3 Å². The lowest BCUT2D eigenvalue weighted by Crippen LogP contribution is -2.22. The van der Waals surface area contributed by atoms with Crippen LogP contribution in [0.2, 0.25) is 0 Å². The van der Waals surface area contributed by atoms with E-state index in [9.17, 15) is 9.59 Å². The van der Waals surface area contributed by atoms with Crippen LogP contribution in [-0.4, -0.2) is 21.6 Å². The molecule has 1 aliphatic carbocycles. The molecule has 0 saturated carbocycles. The summed E-state index contributed by atoms with van der Waals surface area (Å²) in [7, 11) is 0. The number of para-hydroxylation sites is 1. The van der Waals surface area contributed by atoms with Gasteiger partial charge in [0.1, 0.15) is 17.3 Å². The molecule has 0 atom stereocenters. The van der Waals surface area contributed by atoms with Gasteiger partial charge in [-0.3, -0.25) is 9.59 Å². The number of nitrogens with zero attached hydrogens (tertiary/aromatic N) is 2. The van der Waals surface area contributed by atoms with Gasteiger partial charge in [0.2, 0.25) is 5.91 Å². The number of ether oxygens (including phenoxy) is 1. The second-order valence-electron chi connectivity index (χ2n) is 6.85. The van der Waals surface area contributed by atoms with Gasteiger partial charge in [-0.15, -0.1) is 16.4 Å². The summed E-state index contributed by atoms with van der Waals surface area (Å²) in [6.45, 7) is -0.0554. The minimum atomic E-state index is -0.525. The fourth-order valence-corrected chi connectivity index (χ4v) is 4.90. The lowest BCUT2D eigenvalue weighted by molar-refractivity contribution is -0.116. The van der Waals surface area contributed by atoms with E-state index in [4.69, 9.17) is 27.1 Å². The Kier molecular flexibility index (Phi) is 5.96. The van der Waals surface area contributed by atoms with Crippen LogP contribution < -0.4 is 15.8 Å². The zero-order valence-electron chi connectivity index (χ0n) is 16.1. The van der Waals surface area contributed by atoms with Crippen LogP contribution >= 0.6 is 23.6 Å². The van der Waals surface area contributed by atoms with E-state index in [2.05, 4.69) is 10.4 Å². The van der Waals surface area contributed by atoms with Crippen LogP contribution in [0.5, 0.6) is 5.75 Å². The normalized spacial score (nSPS) is 12.9. The average molecular weight is 445 g/mol. The van der Waals surface area contributed by atoms with Crippen molar-refractivity contribution < 1.29 is 18.7 Å². The predicted octanol–water partition coefficient (Wildman–Crippen LogP) is 3.46. The SMILES string of the molecule is NC(=O)c1c(NC(=O)Cn2nc(COc3ccccc3)oc2=S)sc2c1CCCC2. The third-order valence-electron chi connectivity index (χ3n) is 4.72. The Bertz CT molecular complexity index is 1130. The van der Waals surface area contributed by atoms with Crippen LogP contribution in [0.4, 0.5) is 5.00 Å². The minimum Gasteiger partial charge on any atom is -0.484 e. The highest BCUT2D eigenvalue weighted by Crippen LogP contribution is 2.37. The molecule has 3 N–H and O–H groups in total. The number of fused-ring (bicyclic) bond motifs is 1. The van der Waals surface area contributed by atoms with Crippen LogP contribution in [0, 0.1) is 4.84 Å². The van der Waals surface area contributed by atoms with Crippen LogP contribution in [0.1, 0.15) is 39.5 Å². The van der Waals surface area contributed by atoms with E-state index in [-0.39, 0.29) is 29.8 Å². The molecule has 3 aromatic rings. The van der Waals surface area contributed by atoms with Gasteiger partial charge in [0, 0.05) is 4.88 Å². The molecule has 10 heteroatoms. The van der Waals surface area contributed by atoms with Gasteiger partial charge >= 0.3 is 0 Å². The van der Waals surface area contributed by atoms with Crippen molar-refractivity contribution in [1.82, 2.24) is 9.78 Å². The standard InChI is InChI=1S/C20H20N4O4S2/c21-18(26)17-13-8-4-5-9-14(13)30-19(17)22-15(25)10-24-20(29)28-16(23-24)11-27-12-6-2-1-3-7-12/h1-3,6-7H,4-5,8-11H2,(H2,21,26)(H,22,25). The van der Waals surface area contributed by atoms with E-state index >= 15 is 0 Å². The second-order valence-corrected chi connectivity index (χ2v) is 8.30. The third kappa shape index (κ3) is 4.44. The quantitative estimate of drug-likeness (QED) is 0.540. The number of carbonyl (C=O) groups excluding carboxylic acids is 2. The zero-order chi connectivity index (χ0) is 21.1. The topological polar surface area (TPSA) is 112 Å². The second kappa shape index (κ2) is 8.80. The molecule has 4 rings (SSSR count). The molecule has 2 heterocycles. The van der Waals surface area contributed by atoms with E-state index in [1.54, 1.807) is 0 Å². The lowest BCUT2D eigenvalue weighted by Gasteiger charge is -2.11. The summed E-state index contributed by atoms with van der Waals surface area (Å²) in [5.74, 6) is 0.0479. The first-order valence-electron chi connectivity index (χ1n) is 9.50. The van der Waals surface area contributed by atoms with Crippen LogP contribution in [-0.2, 0) is 30.8 Å². The van der Waals surface area contributed by atoms with Crippen molar-refractivity contribution in [2.75, 3.05) is 5.32 Å². The molecule has 2 amide bonds. The third-order valence-corrected chi connectivity index (χ3v) is 6.22. The molecule has 30 heavy (non-hydrogen) atoms. The number of nitrogens with two attached hydrogens (primary N) is 1. The molecule has 0 radical (unpaired) electrons. The van der Waals surface area contributed by atoms with E-state index in [0.717, 1.165) is 36.1 Å². The first kappa shape index (κ1) is 20.3. The first-order valence-corrected chi connectivity index (χ1v) is 10.7. The Hall–Kier alpha value is -2.98. The number of primary amides is 1.